The van der Waals surface area contributed by atoms with Gasteiger partial charge < -0.3 is 10.8 Å². The van der Waals surface area contributed by atoms with Gasteiger partial charge in [-0.15, -0.1) is 0 Å². The molecule has 100 valence electrons. The van der Waals surface area contributed by atoms with Crippen LogP contribution in [0.25, 0.3) is 0 Å². The maximum Gasteiger partial charge on any atom is 0.0461 e. The largest absolute Gasteiger partial charge is 0.398 e. The lowest BCUT2D eigenvalue weighted by atomic mass is 9.91. The summed E-state index contributed by atoms with van der Waals surface area (Å²) in [6.07, 6.45) is 4.76. The third kappa shape index (κ3) is 3.46. The lowest BCUT2D eigenvalue weighted by molar-refractivity contribution is 0.109. The third-order valence-corrected chi connectivity index (χ3v) is 4.36. The maximum atomic E-state index is 8.98. The molecule has 1 aliphatic carbocycles. The van der Waals surface area contributed by atoms with Gasteiger partial charge in [-0.1, -0.05) is 12.5 Å². The minimum Gasteiger partial charge on any atom is -0.398 e. The fourth-order valence-corrected chi connectivity index (χ4v) is 2.59. The first-order valence-electron chi connectivity index (χ1n) is 6.59. The van der Waals surface area contributed by atoms with Crippen LogP contribution in [-0.4, -0.2) is 29.2 Å². The van der Waals surface area contributed by atoms with Crippen LogP contribution in [0.15, 0.2) is 22.7 Å². The summed E-state index contributed by atoms with van der Waals surface area (Å²) in [6, 6.07) is 6.86. The Labute approximate surface area is 117 Å². The molecule has 4 heteroatoms. The first-order valence-corrected chi connectivity index (χ1v) is 7.39. The second-order valence-corrected chi connectivity index (χ2v) is 5.84. The van der Waals surface area contributed by atoms with E-state index in [0.717, 1.165) is 29.7 Å². The Kier molecular flexibility index (Phi) is 5.03. The van der Waals surface area contributed by atoms with Crippen LogP contribution in [0.2, 0.25) is 0 Å². The van der Waals surface area contributed by atoms with Crippen molar-refractivity contribution in [3.63, 3.8) is 0 Å². The average molecular weight is 313 g/mol. The Morgan fingerprint density at radius 1 is 1.39 bits per heavy atom. The molecule has 0 heterocycles. The first kappa shape index (κ1) is 13.8. The molecule has 0 atom stereocenters. The number of nitrogens with two attached hydrogens (primary N) is 1. The van der Waals surface area contributed by atoms with Crippen molar-refractivity contribution in [3.05, 3.63) is 28.2 Å². The van der Waals surface area contributed by atoms with Gasteiger partial charge in [0.1, 0.15) is 0 Å². The van der Waals surface area contributed by atoms with E-state index in [9.17, 15) is 0 Å². The maximum absolute atomic E-state index is 8.98. The molecular formula is C14H21BrN2O. The molecule has 1 aromatic carbocycles. The lowest BCUT2D eigenvalue weighted by Crippen LogP contribution is -2.40. The standard InChI is InChI=1S/C14H21BrN2O/c15-13-6-5-11(9-14(13)16)10-17(7-2-8-18)12-3-1-4-12/h5-6,9,12,18H,1-4,7-8,10,16H2. The highest BCUT2D eigenvalue weighted by Gasteiger charge is 2.24. The zero-order valence-corrected chi connectivity index (χ0v) is 12.2. The molecule has 1 aliphatic rings. The van der Waals surface area contributed by atoms with Crippen LogP contribution in [0.1, 0.15) is 31.2 Å². The lowest BCUT2D eigenvalue weighted by Gasteiger charge is -2.37. The van der Waals surface area contributed by atoms with E-state index in [0.29, 0.717) is 6.04 Å². The SMILES string of the molecule is Nc1cc(CN(CCCO)C2CCC2)ccc1Br. The van der Waals surface area contributed by atoms with Gasteiger partial charge in [0, 0.05) is 35.9 Å². The Hall–Kier alpha value is -0.580. The van der Waals surface area contributed by atoms with Crippen molar-refractivity contribution >= 4 is 21.6 Å². The molecule has 1 fully saturated rings. The molecule has 0 amide bonds. The average Bonchev–Trinajstić information content (AvgIpc) is 2.28. The zero-order chi connectivity index (χ0) is 13.0. The molecule has 0 unspecified atom stereocenters. The number of anilines is 1. The van der Waals surface area contributed by atoms with E-state index in [-0.39, 0.29) is 6.61 Å². The Balaban J connectivity index is 1.99. The highest BCUT2D eigenvalue weighted by molar-refractivity contribution is 9.10. The number of nitrogens with zero attached hydrogens (tertiary/aromatic N) is 1. The number of hydrogen-bond acceptors (Lipinski definition) is 3. The summed E-state index contributed by atoms with van der Waals surface area (Å²) in [5.41, 5.74) is 7.96. The van der Waals surface area contributed by atoms with Crippen molar-refractivity contribution < 1.29 is 5.11 Å². The van der Waals surface area contributed by atoms with E-state index in [4.69, 9.17) is 10.8 Å². The molecule has 0 spiro atoms. The van der Waals surface area contributed by atoms with Gasteiger partial charge in [0.15, 0.2) is 0 Å². The van der Waals surface area contributed by atoms with E-state index in [2.05, 4.69) is 26.9 Å². The van der Waals surface area contributed by atoms with Crippen molar-refractivity contribution in [2.45, 2.75) is 38.3 Å². The molecule has 0 aliphatic heterocycles. The van der Waals surface area contributed by atoms with Crippen molar-refractivity contribution in [1.29, 1.82) is 0 Å². The molecule has 0 bridgehead atoms. The van der Waals surface area contributed by atoms with Crippen LogP contribution in [0, 0.1) is 0 Å². The van der Waals surface area contributed by atoms with Gasteiger partial charge in [0.05, 0.1) is 0 Å². The molecule has 18 heavy (non-hydrogen) atoms. The Bertz CT molecular complexity index is 393. The second kappa shape index (κ2) is 6.55. The van der Waals surface area contributed by atoms with Crippen molar-refractivity contribution in [2.75, 3.05) is 18.9 Å². The van der Waals surface area contributed by atoms with Gasteiger partial charge >= 0.3 is 0 Å². The summed E-state index contributed by atoms with van der Waals surface area (Å²) < 4.78 is 0.955. The van der Waals surface area contributed by atoms with Gasteiger partial charge in [-0.2, -0.15) is 0 Å². The normalized spacial score (nSPS) is 15.9. The molecule has 3 N–H and O–H groups in total. The minimum absolute atomic E-state index is 0.270. The fraction of sp³-hybridized carbons (Fsp3) is 0.571. The fourth-order valence-electron chi connectivity index (χ4n) is 2.34. The topological polar surface area (TPSA) is 49.5 Å². The van der Waals surface area contributed by atoms with Gasteiger partial charge in [-0.3, -0.25) is 4.90 Å². The molecule has 3 nitrogen and oxygen atoms in total. The summed E-state index contributed by atoms with van der Waals surface area (Å²) in [5.74, 6) is 0. The summed E-state index contributed by atoms with van der Waals surface area (Å²) in [4.78, 5) is 2.47. The van der Waals surface area contributed by atoms with Crippen LogP contribution in [0.5, 0.6) is 0 Å². The monoisotopic (exact) mass is 312 g/mol. The highest BCUT2D eigenvalue weighted by Crippen LogP contribution is 2.27. The van der Waals surface area contributed by atoms with E-state index in [1.165, 1.54) is 24.8 Å². The molecule has 0 radical (unpaired) electrons. The van der Waals surface area contributed by atoms with E-state index >= 15 is 0 Å². The predicted octanol–water partition coefficient (Wildman–Crippen LogP) is 2.77. The minimum atomic E-state index is 0.270. The van der Waals surface area contributed by atoms with Crippen LogP contribution >= 0.6 is 15.9 Å². The summed E-state index contributed by atoms with van der Waals surface area (Å²) in [6.45, 7) is 2.17. The highest BCUT2D eigenvalue weighted by atomic mass is 79.9. The number of rotatable bonds is 6. The molecule has 1 aromatic rings. The summed E-state index contributed by atoms with van der Waals surface area (Å²) >= 11 is 3.42. The smallest absolute Gasteiger partial charge is 0.0461 e. The van der Waals surface area contributed by atoms with Crippen molar-refractivity contribution in [1.82, 2.24) is 4.90 Å². The number of aliphatic hydroxyl groups excluding tert-OH is 1. The van der Waals surface area contributed by atoms with Crippen molar-refractivity contribution in [3.8, 4) is 0 Å². The predicted molar refractivity (Wildman–Crippen MR) is 78.3 cm³/mol. The van der Waals surface area contributed by atoms with Crippen molar-refractivity contribution in [2.24, 2.45) is 0 Å². The molecule has 1 saturated carbocycles. The first-order chi connectivity index (χ1) is 8.70. The summed E-state index contributed by atoms with van der Waals surface area (Å²) in [7, 11) is 0. The zero-order valence-electron chi connectivity index (χ0n) is 10.6. The second-order valence-electron chi connectivity index (χ2n) is 4.99. The Morgan fingerprint density at radius 3 is 2.72 bits per heavy atom. The molecule has 0 saturated heterocycles. The van der Waals surface area contributed by atoms with Crippen LogP contribution < -0.4 is 5.73 Å². The quantitative estimate of drug-likeness (QED) is 0.794. The molecule has 0 aromatic heterocycles. The van der Waals surface area contributed by atoms with E-state index in [1.807, 2.05) is 12.1 Å². The number of benzene rings is 1. The van der Waals surface area contributed by atoms with Crippen LogP contribution in [0.4, 0.5) is 5.69 Å². The molecule has 2 rings (SSSR count). The number of hydrogen-bond donors (Lipinski definition) is 2. The third-order valence-electron chi connectivity index (χ3n) is 3.64. The number of aliphatic hydroxyl groups is 1. The number of halogens is 1. The van der Waals surface area contributed by atoms with Crippen LogP contribution in [0.3, 0.4) is 0 Å². The van der Waals surface area contributed by atoms with Gasteiger partial charge in [0.25, 0.3) is 0 Å². The number of nitrogen functional groups attached to an aromatic ring is 1. The van der Waals surface area contributed by atoms with Gasteiger partial charge in [-0.05, 0) is 52.9 Å². The van der Waals surface area contributed by atoms with E-state index < -0.39 is 0 Å². The molecular weight excluding hydrogens is 292 g/mol. The Morgan fingerprint density at radius 2 is 2.17 bits per heavy atom. The van der Waals surface area contributed by atoms with Gasteiger partial charge in [-0.25, -0.2) is 0 Å². The van der Waals surface area contributed by atoms with Crippen LogP contribution in [-0.2, 0) is 6.54 Å². The van der Waals surface area contributed by atoms with E-state index in [1.54, 1.807) is 0 Å². The van der Waals surface area contributed by atoms with Gasteiger partial charge in [0.2, 0.25) is 0 Å². The summed E-state index contributed by atoms with van der Waals surface area (Å²) in [5, 5.41) is 8.98.